The number of methoxy groups -OCH3 is 1. The van der Waals surface area contributed by atoms with Gasteiger partial charge in [0.2, 0.25) is 5.91 Å². The van der Waals surface area contributed by atoms with Crippen molar-refractivity contribution >= 4 is 16.7 Å². The molecule has 0 bridgehead atoms. The van der Waals surface area contributed by atoms with E-state index in [0.29, 0.717) is 13.1 Å². The second kappa shape index (κ2) is 7.34. The molecule has 0 aliphatic carbocycles. The van der Waals surface area contributed by atoms with Gasteiger partial charge >= 0.3 is 0 Å². The van der Waals surface area contributed by atoms with E-state index in [9.17, 15) is 4.79 Å². The number of aromatic nitrogens is 3. The number of carbonyl (C=O) groups excluding carboxylic acids is 1. The van der Waals surface area contributed by atoms with E-state index >= 15 is 0 Å². The number of fused-ring (bicyclic) bond motifs is 1. The van der Waals surface area contributed by atoms with Gasteiger partial charge in [-0.1, -0.05) is 37.3 Å². The summed E-state index contributed by atoms with van der Waals surface area (Å²) >= 11 is 0. The summed E-state index contributed by atoms with van der Waals surface area (Å²) in [5, 5.41) is 6.22. The highest BCUT2D eigenvalue weighted by Gasteiger charge is 2.19. The molecule has 1 aromatic heterocycles. The Balaban J connectivity index is 1.77. The number of nitrogens with zero attached hydrogens (tertiary/aromatic N) is 4. The van der Waals surface area contributed by atoms with E-state index < -0.39 is 0 Å². The SMILES string of the molecule is COc1ccc(CN(C)C(=O)C(C)Cn2cncn2)c2ccccc12. The van der Waals surface area contributed by atoms with E-state index in [4.69, 9.17) is 4.74 Å². The first kappa shape index (κ1) is 17.0. The molecule has 2 aromatic carbocycles. The molecular formula is C19H22N4O2. The molecule has 1 atom stereocenters. The van der Waals surface area contributed by atoms with Gasteiger partial charge in [-0.3, -0.25) is 9.48 Å². The summed E-state index contributed by atoms with van der Waals surface area (Å²) in [6.07, 6.45) is 3.10. The molecule has 0 aliphatic heterocycles. The average molecular weight is 338 g/mol. The Bertz CT molecular complexity index is 861. The fourth-order valence-electron chi connectivity index (χ4n) is 3.05. The molecule has 0 spiro atoms. The molecule has 1 amide bonds. The highest BCUT2D eigenvalue weighted by molar-refractivity contribution is 5.91. The minimum absolute atomic E-state index is 0.0791. The van der Waals surface area contributed by atoms with E-state index in [0.717, 1.165) is 22.1 Å². The lowest BCUT2D eigenvalue weighted by Crippen LogP contribution is -2.33. The van der Waals surface area contributed by atoms with Crippen LogP contribution in [0.25, 0.3) is 10.8 Å². The zero-order chi connectivity index (χ0) is 17.8. The lowest BCUT2D eigenvalue weighted by molar-refractivity contribution is -0.134. The number of ether oxygens (including phenoxy) is 1. The van der Waals surface area contributed by atoms with E-state index in [-0.39, 0.29) is 11.8 Å². The minimum atomic E-state index is -0.170. The molecule has 3 aromatic rings. The van der Waals surface area contributed by atoms with Crippen molar-refractivity contribution in [2.24, 2.45) is 5.92 Å². The molecule has 0 N–H and O–H groups in total. The first-order chi connectivity index (χ1) is 12.1. The zero-order valence-electron chi connectivity index (χ0n) is 14.7. The van der Waals surface area contributed by atoms with Crippen LogP contribution in [0.15, 0.2) is 49.1 Å². The van der Waals surface area contributed by atoms with Gasteiger partial charge in [-0.15, -0.1) is 0 Å². The summed E-state index contributed by atoms with van der Waals surface area (Å²) in [4.78, 5) is 18.3. The Hall–Kier alpha value is -2.89. The summed E-state index contributed by atoms with van der Waals surface area (Å²) in [5.74, 6) is 0.750. The van der Waals surface area contributed by atoms with Gasteiger partial charge in [-0.25, -0.2) is 4.98 Å². The largest absolute Gasteiger partial charge is 0.496 e. The molecule has 1 unspecified atom stereocenters. The third-order valence-electron chi connectivity index (χ3n) is 4.33. The third-order valence-corrected chi connectivity index (χ3v) is 4.33. The Morgan fingerprint density at radius 2 is 2.00 bits per heavy atom. The Labute approximate surface area is 147 Å². The van der Waals surface area contributed by atoms with Crippen LogP contribution in [0.4, 0.5) is 0 Å². The quantitative estimate of drug-likeness (QED) is 0.693. The van der Waals surface area contributed by atoms with Gasteiger partial charge in [0.05, 0.1) is 19.6 Å². The number of hydrogen-bond donors (Lipinski definition) is 0. The topological polar surface area (TPSA) is 60.2 Å². The van der Waals surface area contributed by atoms with Crippen LogP contribution in [0.5, 0.6) is 5.75 Å². The summed E-state index contributed by atoms with van der Waals surface area (Å²) in [5.41, 5.74) is 1.10. The summed E-state index contributed by atoms with van der Waals surface area (Å²) in [6.45, 7) is 2.98. The minimum Gasteiger partial charge on any atom is -0.496 e. The van der Waals surface area contributed by atoms with Crippen molar-refractivity contribution in [3.05, 3.63) is 54.6 Å². The maximum atomic E-state index is 12.7. The lowest BCUT2D eigenvalue weighted by atomic mass is 10.0. The first-order valence-corrected chi connectivity index (χ1v) is 8.22. The average Bonchev–Trinajstić information content (AvgIpc) is 3.14. The molecule has 0 saturated carbocycles. The van der Waals surface area contributed by atoms with Gasteiger partial charge in [0.25, 0.3) is 0 Å². The molecular weight excluding hydrogens is 316 g/mol. The molecule has 6 nitrogen and oxygen atoms in total. The predicted molar refractivity (Wildman–Crippen MR) is 96.2 cm³/mol. The van der Waals surface area contributed by atoms with Gasteiger partial charge in [0.15, 0.2) is 0 Å². The van der Waals surface area contributed by atoms with Crippen molar-refractivity contribution in [3.8, 4) is 5.75 Å². The second-order valence-corrected chi connectivity index (χ2v) is 6.19. The Kier molecular flexibility index (Phi) is 4.97. The predicted octanol–water partition coefficient (Wildman–Crippen LogP) is 2.73. The highest BCUT2D eigenvalue weighted by Crippen LogP contribution is 2.29. The van der Waals surface area contributed by atoms with E-state index in [1.807, 2.05) is 44.3 Å². The van der Waals surface area contributed by atoms with Gasteiger partial charge in [0, 0.05) is 19.0 Å². The molecule has 0 saturated heterocycles. The van der Waals surface area contributed by atoms with Gasteiger partial charge < -0.3 is 9.64 Å². The Morgan fingerprint density at radius 3 is 2.68 bits per heavy atom. The van der Waals surface area contributed by atoms with Crippen LogP contribution < -0.4 is 4.74 Å². The molecule has 0 fully saturated rings. The molecule has 0 radical (unpaired) electrons. The number of carbonyl (C=O) groups is 1. The van der Waals surface area contributed by atoms with Crippen LogP contribution >= 0.6 is 0 Å². The van der Waals surface area contributed by atoms with Crippen molar-refractivity contribution in [1.29, 1.82) is 0 Å². The highest BCUT2D eigenvalue weighted by atomic mass is 16.5. The van der Waals surface area contributed by atoms with Crippen molar-refractivity contribution in [3.63, 3.8) is 0 Å². The lowest BCUT2D eigenvalue weighted by Gasteiger charge is -2.22. The Morgan fingerprint density at radius 1 is 1.24 bits per heavy atom. The smallest absolute Gasteiger partial charge is 0.227 e. The number of amides is 1. The van der Waals surface area contributed by atoms with Crippen LogP contribution in [-0.2, 0) is 17.9 Å². The van der Waals surface area contributed by atoms with Crippen LogP contribution in [0, 0.1) is 5.92 Å². The second-order valence-electron chi connectivity index (χ2n) is 6.19. The van der Waals surface area contributed by atoms with Crippen LogP contribution in [-0.4, -0.2) is 39.7 Å². The summed E-state index contributed by atoms with van der Waals surface area (Å²) in [7, 11) is 3.50. The molecule has 3 rings (SSSR count). The molecule has 1 heterocycles. The van der Waals surface area contributed by atoms with Gasteiger partial charge in [-0.2, -0.15) is 5.10 Å². The van der Waals surface area contributed by atoms with E-state index in [1.165, 1.54) is 6.33 Å². The summed E-state index contributed by atoms with van der Waals surface area (Å²) < 4.78 is 7.12. The van der Waals surface area contributed by atoms with Crippen LogP contribution in [0.3, 0.4) is 0 Å². The number of benzene rings is 2. The summed E-state index contributed by atoms with van der Waals surface area (Å²) in [6, 6.07) is 12.1. The monoisotopic (exact) mass is 338 g/mol. The maximum absolute atomic E-state index is 12.7. The van der Waals surface area contributed by atoms with E-state index in [1.54, 1.807) is 23.0 Å². The van der Waals surface area contributed by atoms with Gasteiger partial charge in [-0.05, 0) is 17.0 Å². The zero-order valence-corrected chi connectivity index (χ0v) is 14.7. The van der Waals surface area contributed by atoms with Gasteiger partial charge in [0.1, 0.15) is 18.4 Å². The van der Waals surface area contributed by atoms with Crippen molar-refractivity contribution in [1.82, 2.24) is 19.7 Å². The third kappa shape index (κ3) is 3.63. The molecule has 130 valence electrons. The first-order valence-electron chi connectivity index (χ1n) is 8.22. The van der Waals surface area contributed by atoms with Crippen LogP contribution in [0.1, 0.15) is 12.5 Å². The molecule has 25 heavy (non-hydrogen) atoms. The fourth-order valence-corrected chi connectivity index (χ4v) is 3.05. The van der Waals surface area contributed by atoms with Crippen molar-refractivity contribution < 1.29 is 9.53 Å². The normalized spacial score (nSPS) is 12.1. The molecule has 6 heteroatoms. The van der Waals surface area contributed by atoms with Crippen molar-refractivity contribution in [2.75, 3.05) is 14.2 Å². The maximum Gasteiger partial charge on any atom is 0.227 e. The van der Waals surface area contributed by atoms with Crippen molar-refractivity contribution in [2.45, 2.75) is 20.0 Å². The van der Waals surface area contributed by atoms with Crippen LogP contribution in [0.2, 0.25) is 0 Å². The van der Waals surface area contributed by atoms with E-state index in [2.05, 4.69) is 16.1 Å². The fraction of sp³-hybridized carbons (Fsp3) is 0.316. The number of hydrogen-bond acceptors (Lipinski definition) is 4. The standard InChI is InChI=1S/C19H22N4O2/c1-14(10-23-13-20-12-21-23)19(24)22(2)11-15-8-9-18(25-3)17-7-5-4-6-16(15)17/h4-9,12-14H,10-11H2,1-3H3. The number of rotatable bonds is 6. The molecule has 0 aliphatic rings.